The Hall–Kier alpha value is -0.860. The van der Waals surface area contributed by atoms with Crippen LogP contribution in [0.4, 0.5) is 0 Å². The second kappa shape index (κ2) is 5.19. The van der Waals surface area contributed by atoms with Crippen LogP contribution < -0.4 is 5.73 Å². The molecule has 0 amide bonds. The lowest BCUT2D eigenvalue weighted by Crippen LogP contribution is -2.31. The summed E-state index contributed by atoms with van der Waals surface area (Å²) in [7, 11) is 0. The lowest BCUT2D eigenvalue weighted by Gasteiger charge is -2.14. The van der Waals surface area contributed by atoms with Crippen molar-refractivity contribution in [2.75, 3.05) is 0 Å². The van der Waals surface area contributed by atoms with Gasteiger partial charge in [-0.15, -0.1) is 0 Å². The zero-order valence-corrected chi connectivity index (χ0v) is 10.8. The van der Waals surface area contributed by atoms with E-state index in [1.807, 2.05) is 25.1 Å². The van der Waals surface area contributed by atoms with Gasteiger partial charge < -0.3 is 5.73 Å². The Morgan fingerprint density at radius 2 is 2.24 bits per heavy atom. The Kier molecular flexibility index (Phi) is 3.85. The first kappa shape index (κ1) is 12.6. The molecule has 1 aromatic carbocycles. The summed E-state index contributed by atoms with van der Waals surface area (Å²) in [6.45, 7) is 1.99. The van der Waals surface area contributed by atoms with Crippen LogP contribution in [-0.2, 0) is 11.2 Å². The van der Waals surface area contributed by atoms with Crippen LogP contribution in [0.25, 0.3) is 0 Å². The van der Waals surface area contributed by atoms with Crippen molar-refractivity contribution >= 4 is 17.4 Å². The molecular weight excluding hydrogens is 234 g/mol. The minimum absolute atomic E-state index is 0.0346. The van der Waals surface area contributed by atoms with E-state index in [4.69, 9.17) is 17.3 Å². The topological polar surface area (TPSA) is 43.1 Å². The highest BCUT2D eigenvalue weighted by Crippen LogP contribution is 2.27. The number of benzene rings is 1. The molecule has 0 aromatic heterocycles. The number of carbonyl (C=O) groups excluding carboxylic acids is 1. The van der Waals surface area contributed by atoms with Crippen molar-refractivity contribution in [2.24, 2.45) is 11.7 Å². The maximum Gasteiger partial charge on any atom is 0.141 e. The molecule has 92 valence electrons. The van der Waals surface area contributed by atoms with Gasteiger partial charge in [0.15, 0.2) is 0 Å². The highest BCUT2D eigenvalue weighted by atomic mass is 35.5. The lowest BCUT2D eigenvalue weighted by atomic mass is 9.93. The predicted octanol–water partition coefficient (Wildman–Crippen LogP) is 2.89. The fourth-order valence-electron chi connectivity index (χ4n) is 2.50. The van der Waals surface area contributed by atoms with Crippen LogP contribution in [0.3, 0.4) is 0 Å². The molecule has 2 unspecified atom stereocenters. The van der Waals surface area contributed by atoms with E-state index in [0.29, 0.717) is 11.4 Å². The van der Waals surface area contributed by atoms with Crippen molar-refractivity contribution in [1.29, 1.82) is 0 Å². The molecule has 2 nitrogen and oxygen atoms in total. The van der Waals surface area contributed by atoms with E-state index in [0.717, 1.165) is 30.4 Å². The summed E-state index contributed by atoms with van der Waals surface area (Å²) in [5.74, 6) is 0.271. The summed E-state index contributed by atoms with van der Waals surface area (Å²) in [5, 5.41) is 0.685. The molecule has 0 bridgehead atoms. The maximum absolute atomic E-state index is 12.1. The summed E-state index contributed by atoms with van der Waals surface area (Å²) >= 11 is 6.13. The van der Waals surface area contributed by atoms with Crippen molar-refractivity contribution in [3.8, 4) is 0 Å². The van der Waals surface area contributed by atoms with Crippen LogP contribution in [0, 0.1) is 12.8 Å². The monoisotopic (exact) mass is 251 g/mol. The fourth-order valence-corrected chi connectivity index (χ4v) is 2.80. The Morgan fingerprint density at radius 1 is 1.47 bits per heavy atom. The molecule has 0 radical (unpaired) electrons. The number of aryl methyl sites for hydroxylation is 1. The molecule has 1 fully saturated rings. The number of hydrogen-bond acceptors (Lipinski definition) is 2. The van der Waals surface area contributed by atoms with Gasteiger partial charge in [0, 0.05) is 23.4 Å². The predicted molar refractivity (Wildman–Crippen MR) is 70.2 cm³/mol. The Labute approximate surface area is 107 Å². The molecule has 2 atom stereocenters. The number of halogens is 1. The Morgan fingerprint density at radius 3 is 2.82 bits per heavy atom. The third-order valence-corrected chi connectivity index (χ3v) is 3.91. The number of hydrogen-bond donors (Lipinski definition) is 1. The molecule has 1 aliphatic carbocycles. The second-order valence-corrected chi connectivity index (χ2v) is 5.35. The third kappa shape index (κ3) is 2.88. The summed E-state index contributed by atoms with van der Waals surface area (Å²) in [4.78, 5) is 12.1. The Bertz CT molecular complexity index is 430. The summed E-state index contributed by atoms with van der Waals surface area (Å²) < 4.78 is 0. The van der Waals surface area contributed by atoms with E-state index in [2.05, 4.69) is 0 Å². The number of carbonyl (C=O) groups is 1. The maximum atomic E-state index is 12.1. The van der Waals surface area contributed by atoms with Gasteiger partial charge in [-0.1, -0.05) is 30.2 Å². The zero-order chi connectivity index (χ0) is 12.4. The van der Waals surface area contributed by atoms with Gasteiger partial charge in [-0.3, -0.25) is 4.79 Å². The summed E-state index contributed by atoms with van der Waals surface area (Å²) in [6, 6.07) is 5.88. The molecule has 0 spiro atoms. The van der Waals surface area contributed by atoms with Gasteiger partial charge in [0.1, 0.15) is 5.78 Å². The van der Waals surface area contributed by atoms with Crippen LogP contribution in [0.2, 0.25) is 5.02 Å². The third-order valence-electron chi connectivity index (χ3n) is 3.56. The zero-order valence-electron chi connectivity index (χ0n) is 10.1. The quantitative estimate of drug-likeness (QED) is 0.898. The molecule has 0 aliphatic heterocycles. The van der Waals surface area contributed by atoms with E-state index in [-0.39, 0.29) is 17.7 Å². The summed E-state index contributed by atoms with van der Waals surface area (Å²) in [6.07, 6.45) is 3.39. The van der Waals surface area contributed by atoms with Gasteiger partial charge in [-0.25, -0.2) is 0 Å². The molecule has 3 heteroatoms. The van der Waals surface area contributed by atoms with Crippen LogP contribution >= 0.6 is 11.6 Å². The SMILES string of the molecule is Cc1ccc(CC(=O)C2CCCC2N)c(Cl)c1. The van der Waals surface area contributed by atoms with Crippen LogP contribution in [0.5, 0.6) is 0 Å². The van der Waals surface area contributed by atoms with Gasteiger partial charge in [0.05, 0.1) is 0 Å². The molecule has 1 aliphatic rings. The highest BCUT2D eigenvalue weighted by Gasteiger charge is 2.30. The molecule has 1 saturated carbocycles. The minimum Gasteiger partial charge on any atom is -0.327 e. The normalized spacial score (nSPS) is 23.9. The van der Waals surface area contributed by atoms with Crippen LogP contribution in [0.1, 0.15) is 30.4 Å². The van der Waals surface area contributed by atoms with Gasteiger partial charge in [0.25, 0.3) is 0 Å². The van der Waals surface area contributed by atoms with E-state index in [1.54, 1.807) is 0 Å². The van der Waals surface area contributed by atoms with E-state index < -0.39 is 0 Å². The standard InChI is InChI=1S/C14H18ClNO/c1-9-5-6-10(12(15)7-9)8-14(17)11-3-2-4-13(11)16/h5-7,11,13H,2-4,8,16H2,1H3. The number of rotatable bonds is 3. The second-order valence-electron chi connectivity index (χ2n) is 4.94. The molecule has 17 heavy (non-hydrogen) atoms. The van der Waals surface area contributed by atoms with Crippen LogP contribution in [0.15, 0.2) is 18.2 Å². The van der Waals surface area contributed by atoms with Gasteiger partial charge in [-0.05, 0) is 37.0 Å². The van der Waals surface area contributed by atoms with E-state index in [1.165, 1.54) is 0 Å². The van der Waals surface area contributed by atoms with Gasteiger partial charge in [-0.2, -0.15) is 0 Å². The fraction of sp³-hybridized carbons (Fsp3) is 0.500. The molecule has 0 saturated heterocycles. The van der Waals surface area contributed by atoms with Crippen molar-refractivity contribution in [3.63, 3.8) is 0 Å². The molecule has 2 rings (SSSR count). The molecule has 2 N–H and O–H groups in total. The summed E-state index contributed by atoms with van der Waals surface area (Å²) in [5.41, 5.74) is 7.97. The first-order valence-corrected chi connectivity index (χ1v) is 6.49. The van der Waals surface area contributed by atoms with E-state index >= 15 is 0 Å². The number of nitrogens with two attached hydrogens (primary N) is 1. The average molecular weight is 252 g/mol. The lowest BCUT2D eigenvalue weighted by molar-refractivity contribution is -0.122. The average Bonchev–Trinajstić information content (AvgIpc) is 2.68. The minimum atomic E-state index is 0.0346. The Balaban J connectivity index is 2.07. The van der Waals surface area contributed by atoms with Crippen molar-refractivity contribution in [3.05, 3.63) is 34.3 Å². The van der Waals surface area contributed by atoms with Crippen LogP contribution in [-0.4, -0.2) is 11.8 Å². The first-order valence-electron chi connectivity index (χ1n) is 6.11. The van der Waals surface area contributed by atoms with Gasteiger partial charge >= 0.3 is 0 Å². The van der Waals surface area contributed by atoms with Crippen molar-refractivity contribution in [1.82, 2.24) is 0 Å². The smallest absolute Gasteiger partial charge is 0.141 e. The van der Waals surface area contributed by atoms with Gasteiger partial charge in [0.2, 0.25) is 0 Å². The first-order chi connectivity index (χ1) is 8.08. The van der Waals surface area contributed by atoms with Crippen molar-refractivity contribution < 1.29 is 4.79 Å². The molecule has 0 heterocycles. The van der Waals surface area contributed by atoms with Crippen molar-refractivity contribution in [2.45, 2.75) is 38.6 Å². The van der Waals surface area contributed by atoms with E-state index in [9.17, 15) is 4.79 Å². The largest absolute Gasteiger partial charge is 0.327 e. The molecule has 1 aromatic rings. The number of Topliss-reactive ketones (excluding diaryl/α,β-unsaturated/α-hetero) is 1. The highest BCUT2D eigenvalue weighted by molar-refractivity contribution is 6.31. The molecular formula is C14H18ClNO. The number of ketones is 1.